The van der Waals surface area contributed by atoms with Crippen LogP contribution in [0.15, 0.2) is 39.8 Å². The van der Waals surface area contributed by atoms with E-state index in [9.17, 15) is 18.0 Å². The summed E-state index contributed by atoms with van der Waals surface area (Å²) in [6.07, 6.45) is 4.03. The van der Waals surface area contributed by atoms with Crippen LogP contribution < -0.4 is 5.32 Å². The maximum Gasteiger partial charge on any atom is 0.254 e. The molecule has 10 heteroatoms. The van der Waals surface area contributed by atoms with Gasteiger partial charge in [-0.15, -0.1) is 0 Å². The molecule has 0 aliphatic carbocycles. The van der Waals surface area contributed by atoms with Gasteiger partial charge >= 0.3 is 0 Å². The highest BCUT2D eigenvalue weighted by Gasteiger charge is 2.35. The number of hydrogen-bond acceptors (Lipinski definition) is 6. The minimum absolute atomic E-state index is 0.183. The van der Waals surface area contributed by atoms with Gasteiger partial charge in [-0.05, 0) is 56.9 Å². The van der Waals surface area contributed by atoms with Crippen LogP contribution in [0.1, 0.15) is 48.2 Å². The van der Waals surface area contributed by atoms with Crippen LogP contribution in [-0.4, -0.2) is 60.3 Å². The molecule has 2 fully saturated rings. The minimum atomic E-state index is -3.55. The Morgan fingerprint density at radius 1 is 1.06 bits per heavy atom. The van der Waals surface area contributed by atoms with Gasteiger partial charge in [0.25, 0.3) is 5.91 Å². The Bertz CT molecular complexity index is 1060. The van der Waals surface area contributed by atoms with Crippen LogP contribution in [0.5, 0.6) is 0 Å². The maximum absolute atomic E-state index is 13.0. The molecule has 2 saturated heterocycles. The zero-order valence-corrected chi connectivity index (χ0v) is 18.2. The number of rotatable bonds is 5. The highest BCUT2D eigenvalue weighted by Crippen LogP contribution is 2.24. The fraction of sp³-hybridized carbons (Fsp3) is 0.476. The molecule has 1 atom stereocenters. The van der Waals surface area contributed by atoms with E-state index in [1.807, 2.05) is 0 Å². The van der Waals surface area contributed by atoms with Gasteiger partial charge in [-0.2, -0.15) is 4.31 Å². The second kappa shape index (κ2) is 8.80. The predicted molar refractivity (Wildman–Crippen MR) is 113 cm³/mol. The normalized spacial score (nSPS) is 20.0. The number of benzene rings is 1. The molecule has 0 radical (unpaired) electrons. The number of aryl methyl sites for hydroxylation is 1. The molecule has 31 heavy (non-hydrogen) atoms. The molecule has 0 unspecified atom stereocenters. The van der Waals surface area contributed by atoms with E-state index < -0.39 is 16.1 Å². The molecule has 2 aliphatic rings. The number of nitrogens with zero attached hydrogens (tertiary/aromatic N) is 3. The first-order valence-electron chi connectivity index (χ1n) is 10.5. The smallest absolute Gasteiger partial charge is 0.254 e. The molecule has 0 saturated carbocycles. The monoisotopic (exact) mass is 446 g/mol. The number of aromatic nitrogens is 1. The number of piperidine rings is 1. The number of carbonyl (C=O) groups excluding carboxylic acids is 2. The Kier molecular flexibility index (Phi) is 6.10. The number of likely N-dealkylation sites (tertiary alicyclic amines) is 1. The van der Waals surface area contributed by atoms with Gasteiger partial charge in [0.1, 0.15) is 11.8 Å². The summed E-state index contributed by atoms with van der Waals surface area (Å²) in [5.41, 5.74) is 0.356. The topological polar surface area (TPSA) is 113 Å². The molecule has 4 rings (SSSR count). The first-order chi connectivity index (χ1) is 14.9. The number of nitrogens with one attached hydrogen (secondary N) is 1. The van der Waals surface area contributed by atoms with Crippen LogP contribution in [0.4, 0.5) is 5.82 Å². The van der Waals surface area contributed by atoms with Gasteiger partial charge in [0.2, 0.25) is 15.9 Å². The molecule has 0 spiro atoms. The van der Waals surface area contributed by atoms with Crippen molar-refractivity contribution in [1.29, 1.82) is 0 Å². The lowest BCUT2D eigenvalue weighted by atomic mass is 10.1. The van der Waals surface area contributed by atoms with Crippen molar-refractivity contribution >= 4 is 27.7 Å². The fourth-order valence-electron chi connectivity index (χ4n) is 4.11. The van der Waals surface area contributed by atoms with Gasteiger partial charge in [0, 0.05) is 31.3 Å². The van der Waals surface area contributed by atoms with Gasteiger partial charge in [-0.25, -0.2) is 8.42 Å². The van der Waals surface area contributed by atoms with Gasteiger partial charge < -0.3 is 14.7 Å². The van der Waals surface area contributed by atoms with Crippen molar-refractivity contribution in [1.82, 2.24) is 14.4 Å². The molecule has 2 aliphatic heterocycles. The summed E-state index contributed by atoms with van der Waals surface area (Å²) in [6.45, 7) is 3.24. The predicted octanol–water partition coefficient (Wildman–Crippen LogP) is 2.40. The van der Waals surface area contributed by atoms with Crippen molar-refractivity contribution in [3.05, 3.63) is 41.7 Å². The molecule has 1 N–H and O–H groups in total. The van der Waals surface area contributed by atoms with Gasteiger partial charge in [-0.3, -0.25) is 9.59 Å². The van der Waals surface area contributed by atoms with E-state index >= 15 is 0 Å². The summed E-state index contributed by atoms with van der Waals surface area (Å²) in [4.78, 5) is 27.4. The second-order valence-corrected chi connectivity index (χ2v) is 9.90. The van der Waals surface area contributed by atoms with Crippen LogP contribution >= 0.6 is 0 Å². The fourth-order valence-corrected chi connectivity index (χ4v) is 5.62. The SMILES string of the molecule is Cc1cc(NC(=O)[C@@H]2CCCN2C(=O)c2ccc(S(=O)(=O)N3CCCCC3)cc2)no1. The van der Waals surface area contributed by atoms with Crippen LogP contribution in [-0.2, 0) is 14.8 Å². The summed E-state index contributed by atoms with van der Waals surface area (Å²) >= 11 is 0. The standard InChI is InChI=1S/C21H26N4O5S/c1-15-14-19(23-30-15)22-20(26)18-6-5-13-25(18)21(27)16-7-9-17(10-8-16)31(28,29)24-11-3-2-4-12-24/h7-10,14,18H,2-6,11-13H2,1H3,(H,22,23,26)/t18-/m0/s1. The third-order valence-corrected chi connectivity index (χ3v) is 7.66. The zero-order chi connectivity index (χ0) is 22.0. The van der Waals surface area contributed by atoms with Crippen molar-refractivity contribution in [2.24, 2.45) is 0 Å². The zero-order valence-electron chi connectivity index (χ0n) is 17.4. The van der Waals surface area contributed by atoms with E-state index in [0.717, 1.165) is 19.3 Å². The second-order valence-electron chi connectivity index (χ2n) is 7.96. The molecule has 2 aromatic rings. The molecule has 2 amide bonds. The molecule has 9 nitrogen and oxygen atoms in total. The van der Waals surface area contributed by atoms with Crippen molar-refractivity contribution in [3.63, 3.8) is 0 Å². The lowest BCUT2D eigenvalue weighted by molar-refractivity contribution is -0.119. The lowest BCUT2D eigenvalue weighted by Gasteiger charge is -2.26. The molecular formula is C21H26N4O5S. The average Bonchev–Trinajstić information content (AvgIpc) is 3.43. The molecule has 1 aromatic carbocycles. The highest BCUT2D eigenvalue weighted by atomic mass is 32.2. The molecule has 3 heterocycles. The van der Waals surface area contributed by atoms with E-state index in [4.69, 9.17) is 4.52 Å². The van der Waals surface area contributed by atoms with Crippen molar-refractivity contribution in [2.75, 3.05) is 25.0 Å². The lowest BCUT2D eigenvalue weighted by Crippen LogP contribution is -2.43. The Morgan fingerprint density at radius 2 is 1.77 bits per heavy atom. The minimum Gasteiger partial charge on any atom is -0.360 e. The van der Waals surface area contributed by atoms with Crippen molar-refractivity contribution in [3.8, 4) is 0 Å². The van der Waals surface area contributed by atoms with Crippen LogP contribution in [0, 0.1) is 6.92 Å². The molecular weight excluding hydrogens is 420 g/mol. The average molecular weight is 447 g/mol. The van der Waals surface area contributed by atoms with Crippen molar-refractivity contribution < 1.29 is 22.5 Å². The van der Waals surface area contributed by atoms with E-state index in [1.54, 1.807) is 13.0 Å². The number of sulfonamides is 1. The van der Waals surface area contributed by atoms with Crippen LogP contribution in [0.2, 0.25) is 0 Å². The molecule has 1 aromatic heterocycles. The summed E-state index contributed by atoms with van der Waals surface area (Å²) in [5.74, 6) is 0.280. The van der Waals surface area contributed by atoms with Crippen LogP contribution in [0.25, 0.3) is 0 Å². The highest BCUT2D eigenvalue weighted by molar-refractivity contribution is 7.89. The third kappa shape index (κ3) is 4.49. The summed E-state index contributed by atoms with van der Waals surface area (Å²) < 4.78 is 32.1. The molecule has 166 valence electrons. The van der Waals surface area contributed by atoms with E-state index in [1.165, 1.54) is 33.5 Å². The van der Waals surface area contributed by atoms with E-state index in [-0.39, 0.29) is 16.7 Å². The van der Waals surface area contributed by atoms with Gasteiger partial charge in [0.05, 0.1) is 4.90 Å². The Labute approximate surface area is 181 Å². The Hall–Kier alpha value is -2.72. The van der Waals surface area contributed by atoms with Crippen molar-refractivity contribution in [2.45, 2.75) is 50.0 Å². The van der Waals surface area contributed by atoms with E-state index in [0.29, 0.717) is 49.6 Å². The Morgan fingerprint density at radius 3 is 2.42 bits per heavy atom. The van der Waals surface area contributed by atoms with Gasteiger partial charge in [0.15, 0.2) is 5.82 Å². The first kappa shape index (κ1) is 21.5. The third-order valence-electron chi connectivity index (χ3n) is 5.75. The summed E-state index contributed by atoms with van der Waals surface area (Å²) in [6, 6.07) is 6.99. The number of carbonyl (C=O) groups is 2. The number of anilines is 1. The van der Waals surface area contributed by atoms with Gasteiger partial charge in [-0.1, -0.05) is 11.6 Å². The first-order valence-corrected chi connectivity index (χ1v) is 12.0. The number of hydrogen-bond donors (Lipinski definition) is 1. The molecule has 0 bridgehead atoms. The largest absolute Gasteiger partial charge is 0.360 e. The number of amides is 2. The van der Waals surface area contributed by atoms with Crippen LogP contribution in [0.3, 0.4) is 0 Å². The quantitative estimate of drug-likeness (QED) is 0.755. The Balaban J connectivity index is 1.46. The maximum atomic E-state index is 13.0. The van der Waals surface area contributed by atoms with E-state index in [2.05, 4.69) is 10.5 Å². The summed E-state index contributed by atoms with van der Waals surface area (Å²) in [5, 5.41) is 6.44. The summed E-state index contributed by atoms with van der Waals surface area (Å²) in [7, 11) is -3.55.